The van der Waals surface area contributed by atoms with Crippen LogP contribution in [0.5, 0.6) is 0 Å². The zero-order valence-corrected chi connectivity index (χ0v) is 15.9. The maximum atomic E-state index is 12.6. The first kappa shape index (κ1) is 18.5. The SMILES string of the molecule is O=C(NCCCN1CCCC1=O)[C@H]1CC(=O)N(c2cccc3ccccc23)C1. The van der Waals surface area contributed by atoms with Gasteiger partial charge >= 0.3 is 0 Å². The topological polar surface area (TPSA) is 69.7 Å². The van der Waals surface area contributed by atoms with E-state index in [9.17, 15) is 14.4 Å². The van der Waals surface area contributed by atoms with Crippen LogP contribution in [-0.2, 0) is 14.4 Å². The van der Waals surface area contributed by atoms with Crippen molar-refractivity contribution in [3.63, 3.8) is 0 Å². The van der Waals surface area contributed by atoms with Crippen LogP contribution in [0.2, 0.25) is 0 Å². The summed E-state index contributed by atoms with van der Waals surface area (Å²) in [6.45, 7) is 2.44. The van der Waals surface area contributed by atoms with Crippen molar-refractivity contribution >= 4 is 34.2 Å². The number of hydrogen-bond acceptors (Lipinski definition) is 3. The fraction of sp³-hybridized carbons (Fsp3) is 0.409. The quantitative estimate of drug-likeness (QED) is 0.783. The van der Waals surface area contributed by atoms with Crippen LogP contribution in [0, 0.1) is 5.92 Å². The van der Waals surface area contributed by atoms with Crippen molar-refractivity contribution in [2.75, 3.05) is 31.1 Å². The molecule has 6 heteroatoms. The minimum atomic E-state index is -0.333. The molecule has 3 amide bonds. The molecule has 1 N–H and O–H groups in total. The molecule has 6 nitrogen and oxygen atoms in total. The third kappa shape index (κ3) is 3.72. The number of anilines is 1. The van der Waals surface area contributed by atoms with Gasteiger partial charge in [-0.3, -0.25) is 14.4 Å². The molecule has 1 atom stereocenters. The predicted octanol–water partition coefficient (Wildman–Crippen LogP) is 2.32. The Hall–Kier alpha value is -2.89. The Morgan fingerprint density at radius 1 is 1.07 bits per heavy atom. The summed E-state index contributed by atoms with van der Waals surface area (Å²) in [5, 5.41) is 5.04. The molecular weight excluding hydrogens is 354 g/mol. The lowest BCUT2D eigenvalue weighted by atomic mass is 10.1. The molecule has 2 aliphatic heterocycles. The van der Waals surface area contributed by atoms with Crippen molar-refractivity contribution in [1.29, 1.82) is 0 Å². The van der Waals surface area contributed by atoms with Crippen molar-refractivity contribution < 1.29 is 14.4 Å². The molecule has 2 aromatic carbocycles. The van der Waals surface area contributed by atoms with E-state index < -0.39 is 0 Å². The minimum Gasteiger partial charge on any atom is -0.356 e. The molecule has 0 aliphatic carbocycles. The van der Waals surface area contributed by atoms with Gasteiger partial charge in [-0.05, 0) is 24.3 Å². The number of nitrogens with one attached hydrogen (secondary N) is 1. The number of carbonyl (C=O) groups excluding carboxylic acids is 3. The maximum Gasteiger partial charge on any atom is 0.227 e. The summed E-state index contributed by atoms with van der Waals surface area (Å²) in [4.78, 5) is 40.3. The van der Waals surface area contributed by atoms with Gasteiger partial charge in [0.2, 0.25) is 17.7 Å². The highest BCUT2D eigenvalue weighted by Gasteiger charge is 2.35. The minimum absolute atomic E-state index is 0.0147. The lowest BCUT2D eigenvalue weighted by molar-refractivity contribution is -0.127. The first-order chi connectivity index (χ1) is 13.6. The summed E-state index contributed by atoms with van der Waals surface area (Å²) >= 11 is 0. The van der Waals surface area contributed by atoms with Gasteiger partial charge in [0.25, 0.3) is 0 Å². The first-order valence-corrected chi connectivity index (χ1v) is 9.97. The third-order valence-electron chi connectivity index (χ3n) is 5.63. The van der Waals surface area contributed by atoms with Crippen molar-refractivity contribution in [2.24, 2.45) is 5.92 Å². The molecular formula is C22H25N3O3. The molecule has 2 aliphatic rings. The summed E-state index contributed by atoms with van der Waals surface area (Å²) < 4.78 is 0. The lowest BCUT2D eigenvalue weighted by Crippen LogP contribution is -2.35. The van der Waals surface area contributed by atoms with E-state index >= 15 is 0 Å². The zero-order chi connectivity index (χ0) is 19.5. The highest BCUT2D eigenvalue weighted by Crippen LogP contribution is 2.31. The van der Waals surface area contributed by atoms with Crippen LogP contribution in [0.25, 0.3) is 10.8 Å². The molecule has 0 aromatic heterocycles. The van der Waals surface area contributed by atoms with Crippen LogP contribution in [0.1, 0.15) is 25.7 Å². The number of benzene rings is 2. The van der Waals surface area contributed by atoms with Crippen LogP contribution in [0.4, 0.5) is 5.69 Å². The van der Waals surface area contributed by atoms with Gasteiger partial charge in [-0.2, -0.15) is 0 Å². The number of amides is 3. The second-order valence-electron chi connectivity index (χ2n) is 7.53. The van der Waals surface area contributed by atoms with E-state index in [0.29, 0.717) is 26.1 Å². The monoisotopic (exact) mass is 379 g/mol. The normalized spacial score (nSPS) is 19.6. The van der Waals surface area contributed by atoms with Crippen molar-refractivity contribution in [2.45, 2.75) is 25.7 Å². The fourth-order valence-electron chi connectivity index (χ4n) is 4.13. The first-order valence-electron chi connectivity index (χ1n) is 9.97. The van der Waals surface area contributed by atoms with Gasteiger partial charge in [0, 0.05) is 44.4 Å². The lowest BCUT2D eigenvalue weighted by Gasteiger charge is -2.19. The summed E-state index contributed by atoms with van der Waals surface area (Å²) in [5.74, 6) is -0.221. The van der Waals surface area contributed by atoms with Crippen LogP contribution >= 0.6 is 0 Å². The molecule has 2 heterocycles. The summed E-state index contributed by atoms with van der Waals surface area (Å²) in [6, 6.07) is 13.9. The van der Waals surface area contributed by atoms with Gasteiger partial charge in [-0.1, -0.05) is 36.4 Å². The molecule has 4 rings (SSSR count). The van der Waals surface area contributed by atoms with Crippen LogP contribution in [0.3, 0.4) is 0 Å². The average Bonchev–Trinajstić information content (AvgIpc) is 3.30. The molecule has 0 saturated carbocycles. The Morgan fingerprint density at radius 3 is 2.71 bits per heavy atom. The number of rotatable bonds is 6. The molecule has 28 heavy (non-hydrogen) atoms. The van der Waals surface area contributed by atoms with Crippen LogP contribution in [-0.4, -0.2) is 48.8 Å². The molecule has 146 valence electrons. The second-order valence-corrected chi connectivity index (χ2v) is 7.53. The van der Waals surface area contributed by atoms with Gasteiger partial charge in [0.15, 0.2) is 0 Å². The average molecular weight is 379 g/mol. The summed E-state index contributed by atoms with van der Waals surface area (Å²) in [7, 11) is 0. The van der Waals surface area contributed by atoms with Crippen molar-refractivity contribution in [3.8, 4) is 0 Å². The third-order valence-corrected chi connectivity index (χ3v) is 5.63. The van der Waals surface area contributed by atoms with E-state index in [4.69, 9.17) is 0 Å². The molecule has 0 unspecified atom stereocenters. The number of nitrogens with zero attached hydrogens (tertiary/aromatic N) is 2. The van der Waals surface area contributed by atoms with Crippen LogP contribution in [0.15, 0.2) is 42.5 Å². The number of hydrogen-bond donors (Lipinski definition) is 1. The van der Waals surface area contributed by atoms with Gasteiger partial charge in [-0.25, -0.2) is 0 Å². The van der Waals surface area contributed by atoms with E-state index in [1.165, 1.54) is 0 Å². The van der Waals surface area contributed by atoms with Gasteiger partial charge in [-0.15, -0.1) is 0 Å². The van der Waals surface area contributed by atoms with E-state index in [-0.39, 0.29) is 30.1 Å². The summed E-state index contributed by atoms with van der Waals surface area (Å²) in [5.41, 5.74) is 0.867. The largest absolute Gasteiger partial charge is 0.356 e. The highest BCUT2D eigenvalue weighted by atomic mass is 16.2. The molecule has 2 saturated heterocycles. The zero-order valence-electron chi connectivity index (χ0n) is 15.9. The van der Waals surface area contributed by atoms with Crippen molar-refractivity contribution in [1.82, 2.24) is 10.2 Å². The standard InChI is InChI=1S/C22H25N3O3/c26-20-10-4-12-24(20)13-5-11-23-22(28)17-14-21(27)25(15-17)19-9-3-7-16-6-1-2-8-18(16)19/h1-3,6-9,17H,4-5,10-15H2,(H,23,28)/t17-/m0/s1. The highest BCUT2D eigenvalue weighted by molar-refractivity contribution is 6.06. The Labute approximate surface area is 164 Å². The fourth-order valence-corrected chi connectivity index (χ4v) is 4.13. The van der Waals surface area contributed by atoms with E-state index in [2.05, 4.69) is 5.32 Å². The smallest absolute Gasteiger partial charge is 0.227 e. The molecule has 2 aromatic rings. The van der Waals surface area contributed by atoms with Crippen LogP contribution < -0.4 is 10.2 Å². The van der Waals surface area contributed by atoms with Gasteiger partial charge in [0.1, 0.15) is 0 Å². The van der Waals surface area contributed by atoms with E-state index in [0.717, 1.165) is 35.8 Å². The number of likely N-dealkylation sites (tertiary alicyclic amines) is 1. The number of carbonyl (C=O) groups is 3. The number of fused-ring (bicyclic) bond motifs is 1. The molecule has 0 spiro atoms. The van der Waals surface area contributed by atoms with E-state index in [1.807, 2.05) is 47.4 Å². The Balaban J connectivity index is 1.34. The molecule has 2 fully saturated rings. The Kier molecular flexibility index (Phi) is 5.28. The van der Waals surface area contributed by atoms with Crippen molar-refractivity contribution in [3.05, 3.63) is 42.5 Å². The Morgan fingerprint density at radius 2 is 1.89 bits per heavy atom. The van der Waals surface area contributed by atoms with E-state index in [1.54, 1.807) is 4.90 Å². The predicted molar refractivity (Wildman–Crippen MR) is 108 cm³/mol. The maximum absolute atomic E-state index is 12.6. The van der Waals surface area contributed by atoms with Gasteiger partial charge < -0.3 is 15.1 Å². The van der Waals surface area contributed by atoms with Gasteiger partial charge in [0.05, 0.1) is 11.6 Å². The molecule has 0 radical (unpaired) electrons. The Bertz CT molecular complexity index is 906. The second kappa shape index (κ2) is 8.00. The molecule has 0 bridgehead atoms. The summed E-state index contributed by atoms with van der Waals surface area (Å²) in [6.07, 6.45) is 2.55.